The quantitative estimate of drug-likeness (QED) is 0.319. The third-order valence-corrected chi connectivity index (χ3v) is 7.30. The molecular formula is C25H20BClFN5O2S. The van der Waals surface area contributed by atoms with Gasteiger partial charge in [-0.15, -0.1) is 0 Å². The van der Waals surface area contributed by atoms with E-state index < -0.39 is 15.8 Å². The highest BCUT2D eigenvalue weighted by Crippen LogP contribution is 2.28. The molecule has 0 radical (unpaired) electrons. The molecule has 0 aliphatic carbocycles. The molecule has 0 saturated heterocycles. The molecule has 0 spiro atoms. The SMILES string of the molecule is Bc1cnn2c(NCc3cccc(NS(=O)(=O)c4ccc(F)cc4)c3)cc(-c3ccccc3Cl)nc12. The van der Waals surface area contributed by atoms with E-state index in [2.05, 4.69) is 15.1 Å². The summed E-state index contributed by atoms with van der Waals surface area (Å²) in [5, 5.41) is 8.40. The van der Waals surface area contributed by atoms with Crippen molar-refractivity contribution in [1.82, 2.24) is 14.6 Å². The van der Waals surface area contributed by atoms with Gasteiger partial charge in [-0.1, -0.05) is 41.9 Å². The van der Waals surface area contributed by atoms with Crippen molar-refractivity contribution >= 4 is 52.1 Å². The van der Waals surface area contributed by atoms with Crippen LogP contribution >= 0.6 is 11.6 Å². The summed E-state index contributed by atoms with van der Waals surface area (Å²) in [5.41, 5.74) is 4.37. The van der Waals surface area contributed by atoms with Gasteiger partial charge in [0.25, 0.3) is 10.0 Å². The highest BCUT2D eigenvalue weighted by molar-refractivity contribution is 7.92. The summed E-state index contributed by atoms with van der Waals surface area (Å²) in [6.07, 6.45) is 1.74. The van der Waals surface area contributed by atoms with Crippen LogP contribution in [0.15, 0.2) is 90.0 Å². The molecule has 2 N–H and O–H groups in total. The minimum absolute atomic E-state index is 0.0206. The van der Waals surface area contributed by atoms with Gasteiger partial charge in [-0.2, -0.15) is 9.61 Å². The van der Waals surface area contributed by atoms with Crippen LogP contribution in [-0.2, 0) is 16.6 Å². The first-order valence-corrected chi connectivity index (χ1v) is 12.9. The van der Waals surface area contributed by atoms with Gasteiger partial charge in [0.2, 0.25) is 0 Å². The van der Waals surface area contributed by atoms with Crippen molar-refractivity contribution in [3.63, 3.8) is 0 Å². The molecule has 0 bridgehead atoms. The second-order valence-electron chi connectivity index (χ2n) is 8.18. The number of benzene rings is 3. The van der Waals surface area contributed by atoms with E-state index in [9.17, 15) is 12.8 Å². The summed E-state index contributed by atoms with van der Waals surface area (Å²) < 4.78 is 42.8. The zero-order chi connectivity index (χ0) is 25.3. The summed E-state index contributed by atoms with van der Waals surface area (Å²) in [4.78, 5) is 4.73. The molecular weight excluding hydrogens is 500 g/mol. The molecule has 11 heteroatoms. The van der Waals surface area contributed by atoms with Crippen molar-refractivity contribution < 1.29 is 12.8 Å². The Kier molecular flexibility index (Phi) is 6.38. The van der Waals surface area contributed by atoms with Gasteiger partial charge in [0, 0.05) is 35.1 Å². The number of hydrogen-bond acceptors (Lipinski definition) is 5. The highest BCUT2D eigenvalue weighted by atomic mass is 35.5. The fourth-order valence-corrected chi connectivity index (χ4v) is 5.05. The third kappa shape index (κ3) is 4.91. The summed E-state index contributed by atoms with van der Waals surface area (Å²) in [7, 11) is -1.92. The number of nitrogens with zero attached hydrogens (tertiary/aromatic N) is 3. The number of halogens is 2. The number of nitrogens with one attached hydrogen (secondary N) is 2. The third-order valence-electron chi connectivity index (χ3n) is 5.57. The van der Waals surface area contributed by atoms with E-state index in [0.29, 0.717) is 34.4 Å². The van der Waals surface area contributed by atoms with Gasteiger partial charge < -0.3 is 5.32 Å². The molecule has 0 unspecified atom stereocenters. The van der Waals surface area contributed by atoms with Crippen LogP contribution in [0.25, 0.3) is 16.9 Å². The molecule has 0 aliphatic heterocycles. The molecule has 0 aliphatic rings. The maximum absolute atomic E-state index is 13.2. The Labute approximate surface area is 213 Å². The monoisotopic (exact) mass is 519 g/mol. The van der Waals surface area contributed by atoms with Gasteiger partial charge in [0.05, 0.1) is 10.6 Å². The molecule has 5 rings (SSSR count). The largest absolute Gasteiger partial charge is 0.366 e. The predicted octanol–water partition coefficient (Wildman–Crippen LogP) is 3.86. The number of aromatic nitrogens is 3. The molecule has 2 heterocycles. The van der Waals surface area contributed by atoms with Gasteiger partial charge in [-0.05, 0) is 53.5 Å². The smallest absolute Gasteiger partial charge is 0.261 e. The van der Waals surface area contributed by atoms with Crippen LogP contribution in [0.3, 0.4) is 0 Å². The lowest BCUT2D eigenvalue weighted by Gasteiger charge is -2.13. The zero-order valence-electron chi connectivity index (χ0n) is 19.1. The normalized spacial score (nSPS) is 11.5. The van der Waals surface area contributed by atoms with E-state index in [1.807, 2.05) is 44.2 Å². The predicted molar refractivity (Wildman–Crippen MR) is 143 cm³/mol. The highest BCUT2D eigenvalue weighted by Gasteiger charge is 2.15. The standard InChI is InChI=1S/C25H20BClFN5O2S/c26-21-15-30-33-24(13-23(31-25(21)33)20-6-1-2-7-22(20)27)29-14-16-4-3-5-18(12-16)32-36(34,35)19-10-8-17(28)9-11-19/h1-13,15,29,32H,14,26H2. The Hall–Kier alpha value is -3.89. The van der Waals surface area contributed by atoms with Crippen LogP contribution in [-0.4, -0.2) is 30.9 Å². The van der Waals surface area contributed by atoms with Crippen LogP contribution < -0.4 is 15.5 Å². The van der Waals surface area contributed by atoms with Gasteiger partial charge in [-0.25, -0.2) is 17.8 Å². The Balaban J connectivity index is 1.40. The van der Waals surface area contributed by atoms with E-state index in [1.165, 1.54) is 12.1 Å². The van der Waals surface area contributed by atoms with E-state index in [1.54, 1.807) is 28.9 Å². The molecule has 5 aromatic rings. The van der Waals surface area contributed by atoms with Crippen LogP contribution in [0.5, 0.6) is 0 Å². The summed E-state index contributed by atoms with van der Waals surface area (Å²) >= 11 is 6.41. The molecule has 36 heavy (non-hydrogen) atoms. The fourth-order valence-electron chi connectivity index (χ4n) is 3.77. The first-order chi connectivity index (χ1) is 17.3. The van der Waals surface area contributed by atoms with Crippen LogP contribution in [0.1, 0.15) is 5.56 Å². The molecule has 0 fully saturated rings. The maximum Gasteiger partial charge on any atom is 0.261 e. The lowest BCUT2D eigenvalue weighted by atomic mass is 10.0. The Bertz CT molecular complexity index is 1680. The Morgan fingerprint density at radius 2 is 1.78 bits per heavy atom. The van der Waals surface area contributed by atoms with E-state index in [4.69, 9.17) is 16.6 Å². The Morgan fingerprint density at radius 1 is 1.00 bits per heavy atom. The van der Waals surface area contributed by atoms with Crippen LogP contribution in [0.4, 0.5) is 15.9 Å². The van der Waals surface area contributed by atoms with Crippen molar-refractivity contribution in [2.75, 3.05) is 10.0 Å². The van der Waals surface area contributed by atoms with Gasteiger partial charge >= 0.3 is 0 Å². The first-order valence-electron chi connectivity index (χ1n) is 11.0. The molecule has 0 amide bonds. The van der Waals surface area contributed by atoms with Crippen molar-refractivity contribution in [2.45, 2.75) is 11.4 Å². The summed E-state index contributed by atoms with van der Waals surface area (Å²) in [5.74, 6) is 0.206. The summed E-state index contributed by atoms with van der Waals surface area (Å²) in [6.45, 7) is 0.395. The topological polar surface area (TPSA) is 88.4 Å². The molecule has 0 saturated carbocycles. The molecule has 180 valence electrons. The number of rotatable bonds is 7. The number of fused-ring (bicyclic) bond motifs is 1. The fraction of sp³-hybridized carbons (Fsp3) is 0.0400. The van der Waals surface area contributed by atoms with Gasteiger partial charge in [0.15, 0.2) is 5.65 Å². The number of hydrogen-bond donors (Lipinski definition) is 2. The zero-order valence-corrected chi connectivity index (χ0v) is 20.7. The maximum atomic E-state index is 13.2. The van der Waals surface area contributed by atoms with Crippen molar-refractivity contribution in [1.29, 1.82) is 0 Å². The lowest BCUT2D eigenvalue weighted by Crippen LogP contribution is -2.13. The van der Waals surface area contributed by atoms with Crippen LogP contribution in [0.2, 0.25) is 5.02 Å². The lowest BCUT2D eigenvalue weighted by molar-refractivity contribution is 0.599. The van der Waals surface area contributed by atoms with Crippen LogP contribution in [0, 0.1) is 5.82 Å². The first kappa shape index (κ1) is 23.8. The number of sulfonamides is 1. The minimum atomic E-state index is -3.85. The molecule has 7 nitrogen and oxygen atoms in total. The van der Waals surface area contributed by atoms with Gasteiger partial charge in [0.1, 0.15) is 19.5 Å². The minimum Gasteiger partial charge on any atom is -0.366 e. The molecule has 2 aromatic heterocycles. The molecule has 0 atom stereocenters. The van der Waals surface area contributed by atoms with Crippen molar-refractivity contribution in [3.8, 4) is 11.3 Å². The van der Waals surface area contributed by atoms with Gasteiger partial charge in [-0.3, -0.25) is 4.72 Å². The Morgan fingerprint density at radius 3 is 2.56 bits per heavy atom. The van der Waals surface area contributed by atoms with E-state index in [-0.39, 0.29) is 4.90 Å². The molecule has 3 aromatic carbocycles. The average molecular weight is 520 g/mol. The number of anilines is 2. The second kappa shape index (κ2) is 9.64. The van der Waals surface area contributed by atoms with E-state index in [0.717, 1.165) is 28.7 Å². The van der Waals surface area contributed by atoms with E-state index >= 15 is 0 Å². The second-order valence-corrected chi connectivity index (χ2v) is 10.3. The summed E-state index contributed by atoms with van der Waals surface area (Å²) in [6, 6.07) is 21.1. The van der Waals surface area contributed by atoms with Crippen molar-refractivity contribution in [3.05, 3.63) is 101 Å². The van der Waals surface area contributed by atoms with Crippen molar-refractivity contribution in [2.24, 2.45) is 0 Å². The average Bonchev–Trinajstić information content (AvgIpc) is 3.24.